The highest BCUT2D eigenvalue weighted by Gasteiger charge is 2.31. The number of aromatic nitrogens is 2. The third kappa shape index (κ3) is 2.61. The summed E-state index contributed by atoms with van der Waals surface area (Å²) in [6, 6.07) is 2.99. The molecule has 0 aliphatic carbocycles. The van der Waals surface area contributed by atoms with Gasteiger partial charge in [-0.05, 0) is 24.0 Å². The lowest BCUT2D eigenvalue weighted by Crippen LogP contribution is -2.31. The molecule has 114 valence electrons. The maximum Gasteiger partial charge on any atom is 0.257 e. The molecule has 1 atom stereocenters. The fraction of sp³-hybridized carbons (Fsp3) is 0.214. The standard InChI is InChI=1S/C14H11F2N3O2S/c1-22-14-18-12-11(13(21)19-14)9(5-10(20)17-12)6-2-7(15)4-8(16)3-6/h2-4,9H,5H2,1H3,(H2,17,18,19,20,21). The van der Waals surface area contributed by atoms with Crippen molar-refractivity contribution < 1.29 is 13.6 Å². The highest BCUT2D eigenvalue weighted by atomic mass is 32.2. The van der Waals surface area contributed by atoms with Crippen molar-refractivity contribution in [2.45, 2.75) is 17.5 Å². The molecule has 2 heterocycles. The van der Waals surface area contributed by atoms with E-state index in [1.54, 1.807) is 6.26 Å². The number of carbonyl (C=O) groups excluding carboxylic acids is 1. The Balaban J connectivity index is 2.19. The van der Waals surface area contributed by atoms with Gasteiger partial charge in [0.15, 0.2) is 5.16 Å². The number of amides is 1. The van der Waals surface area contributed by atoms with Crippen molar-refractivity contribution in [1.29, 1.82) is 0 Å². The Hall–Kier alpha value is -2.22. The lowest BCUT2D eigenvalue weighted by atomic mass is 9.87. The first kappa shape index (κ1) is 14.7. The number of rotatable bonds is 2. The van der Waals surface area contributed by atoms with Gasteiger partial charge in [-0.3, -0.25) is 9.59 Å². The molecule has 22 heavy (non-hydrogen) atoms. The largest absolute Gasteiger partial charge is 0.310 e. The van der Waals surface area contributed by atoms with Crippen LogP contribution in [-0.2, 0) is 4.79 Å². The van der Waals surface area contributed by atoms with E-state index in [1.807, 2.05) is 0 Å². The van der Waals surface area contributed by atoms with E-state index in [1.165, 1.54) is 11.8 Å². The molecule has 2 aromatic rings. The molecule has 1 aromatic heterocycles. The van der Waals surface area contributed by atoms with Gasteiger partial charge in [-0.25, -0.2) is 13.8 Å². The maximum absolute atomic E-state index is 13.4. The normalized spacial score (nSPS) is 17.0. The van der Waals surface area contributed by atoms with Crippen LogP contribution in [0.5, 0.6) is 0 Å². The van der Waals surface area contributed by atoms with E-state index in [-0.39, 0.29) is 29.3 Å². The van der Waals surface area contributed by atoms with E-state index in [2.05, 4.69) is 15.3 Å². The smallest absolute Gasteiger partial charge is 0.257 e. The Morgan fingerprint density at radius 1 is 1.23 bits per heavy atom. The molecular weight excluding hydrogens is 312 g/mol. The van der Waals surface area contributed by atoms with E-state index in [0.29, 0.717) is 5.16 Å². The van der Waals surface area contributed by atoms with E-state index >= 15 is 0 Å². The molecular formula is C14H11F2N3O2S. The van der Waals surface area contributed by atoms with Crippen LogP contribution < -0.4 is 10.9 Å². The molecule has 0 bridgehead atoms. The highest BCUT2D eigenvalue weighted by molar-refractivity contribution is 7.98. The fourth-order valence-corrected chi connectivity index (χ4v) is 2.89. The quantitative estimate of drug-likeness (QED) is 0.656. The molecule has 3 rings (SSSR count). The van der Waals surface area contributed by atoms with Crippen molar-refractivity contribution in [3.05, 3.63) is 51.3 Å². The van der Waals surface area contributed by atoms with Gasteiger partial charge in [-0.15, -0.1) is 0 Å². The molecule has 1 aliphatic rings. The number of anilines is 1. The summed E-state index contributed by atoms with van der Waals surface area (Å²) in [5, 5.41) is 2.89. The molecule has 0 radical (unpaired) electrons. The van der Waals surface area contributed by atoms with Crippen LogP contribution in [0, 0.1) is 11.6 Å². The number of thioether (sulfide) groups is 1. The molecule has 0 saturated carbocycles. The number of benzene rings is 1. The number of aromatic amines is 1. The van der Waals surface area contributed by atoms with Crippen molar-refractivity contribution in [3.63, 3.8) is 0 Å². The highest BCUT2D eigenvalue weighted by Crippen LogP contribution is 2.34. The second-order valence-electron chi connectivity index (χ2n) is 4.85. The fourth-order valence-electron chi connectivity index (χ4n) is 2.51. The van der Waals surface area contributed by atoms with Gasteiger partial charge in [0, 0.05) is 18.4 Å². The summed E-state index contributed by atoms with van der Waals surface area (Å²) >= 11 is 1.22. The van der Waals surface area contributed by atoms with Gasteiger partial charge in [-0.1, -0.05) is 11.8 Å². The van der Waals surface area contributed by atoms with Crippen LogP contribution in [0.25, 0.3) is 0 Å². The van der Waals surface area contributed by atoms with E-state index in [0.717, 1.165) is 18.2 Å². The number of carbonyl (C=O) groups is 1. The van der Waals surface area contributed by atoms with Gasteiger partial charge in [0.1, 0.15) is 17.5 Å². The zero-order valence-corrected chi connectivity index (χ0v) is 12.3. The average Bonchev–Trinajstić information content (AvgIpc) is 2.44. The van der Waals surface area contributed by atoms with E-state index in [9.17, 15) is 18.4 Å². The minimum atomic E-state index is -0.757. The third-order valence-corrected chi connectivity index (χ3v) is 3.99. The Morgan fingerprint density at radius 2 is 1.91 bits per heavy atom. The lowest BCUT2D eigenvalue weighted by molar-refractivity contribution is -0.116. The molecule has 0 spiro atoms. The van der Waals surface area contributed by atoms with Crippen LogP contribution in [-0.4, -0.2) is 22.1 Å². The number of hydrogen-bond acceptors (Lipinski definition) is 4. The van der Waals surface area contributed by atoms with Gasteiger partial charge >= 0.3 is 0 Å². The van der Waals surface area contributed by atoms with Gasteiger partial charge in [-0.2, -0.15) is 0 Å². The van der Waals surface area contributed by atoms with Crippen LogP contribution >= 0.6 is 11.8 Å². The summed E-state index contributed by atoms with van der Waals surface area (Å²) in [5.41, 5.74) is 0.0178. The van der Waals surface area contributed by atoms with E-state index in [4.69, 9.17) is 0 Å². The van der Waals surface area contributed by atoms with Crippen molar-refractivity contribution in [3.8, 4) is 0 Å². The minimum Gasteiger partial charge on any atom is -0.310 e. The molecule has 1 amide bonds. The third-order valence-electron chi connectivity index (χ3n) is 3.41. The second kappa shape index (κ2) is 5.53. The molecule has 8 heteroatoms. The van der Waals surface area contributed by atoms with Crippen molar-refractivity contribution >= 4 is 23.5 Å². The summed E-state index contributed by atoms with van der Waals surface area (Å²) in [6.45, 7) is 0. The van der Waals surface area contributed by atoms with E-state index < -0.39 is 23.1 Å². The number of hydrogen-bond donors (Lipinski definition) is 2. The van der Waals surface area contributed by atoms with Crippen LogP contribution in [0.2, 0.25) is 0 Å². The average molecular weight is 323 g/mol. The Kier molecular flexibility index (Phi) is 3.69. The minimum absolute atomic E-state index is 0.0702. The van der Waals surface area contributed by atoms with Crippen LogP contribution in [0.15, 0.2) is 28.2 Å². The van der Waals surface area contributed by atoms with Gasteiger partial charge in [0.25, 0.3) is 5.56 Å². The second-order valence-corrected chi connectivity index (χ2v) is 5.64. The van der Waals surface area contributed by atoms with Crippen LogP contribution in [0.1, 0.15) is 23.5 Å². The molecule has 1 unspecified atom stereocenters. The SMILES string of the molecule is CSc1nc2c(c(=O)[nH]1)C(c1cc(F)cc(F)c1)CC(=O)N2. The monoisotopic (exact) mass is 323 g/mol. The predicted octanol–water partition coefficient (Wildman–Crippen LogP) is 2.24. The lowest BCUT2D eigenvalue weighted by Gasteiger charge is -2.24. The molecule has 2 N–H and O–H groups in total. The van der Waals surface area contributed by atoms with Crippen LogP contribution in [0.4, 0.5) is 14.6 Å². The molecule has 1 aliphatic heterocycles. The zero-order chi connectivity index (χ0) is 15.9. The number of halogens is 2. The number of nitrogens with zero attached hydrogens (tertiary/aromatic N) is 1. The predicted molar refractivity (Wildman–Crippen MR) is 78.1 cm³/mol. The first-order chi connectivity index (χ1) is 10.5. The zero-order valence-electron chi connectivity index (χ0n) is 11.4. The van der Waals surface area contributed by atoms with Crippen LogP contribution in [0.3, 0.4) is 0 Å². The summed E-state index contributed by atoms with van der Waals surface area (Å²) in [7, 11) is 0. The Bertz CT molecular complexity index is 802. The molecule has 0 saturated heterocycles. The maximum atomic E-state index is 13.4. The van der Waals surface area contributed by atoms with Crippen molar-refractivity contribution in [1.82, 2.24) is 9.97 Å². The summed E-state index contributed by atoms with van der Waals surface area (Å²) in [4.78, 5) is 30.8. The Labute approximate surface area is 128 Å². The number of fused-ring (bicyclic) bond motifs is 1. The molecule has 1 aromatic carbocycles. The topological polar surface area (TPSA) is 74.8 Å². The summed E-state index contributed by atoms with van der Waals surface area (Å²) in [5.74, 6) is -2.47. The first-order valence-corrected chi connectivity index (χ1v) is 7.64. The summed E-state index contributed by atoms with van der Waals surface area (Å²) in [6.07, 6.45) is 1.66. The number of H-pyrrole nitrogens is 1. The number of nitrogens with one attached hydrogen (secondary N) is 2. The van der Waals surface area contributed by atoms with Crippen molar-refractivity contribution in [2.24, 2.45) is 0 Å². The van der Waals surface area contributed by atoms with Crippen molar-refractivity contribution in [2.75, 3.05) is 11.6 Å². The molecule has 0 fully saturated rings. The van der Waals surface area contributed by atoms with Gasteiger partial charge < -0.3 is 10.3 Å². The first-order valence-electron chi connectivity index (χ1n) is 6.42. The molecule has 5 nitrogen and oxygen atoms in total. The summed E-state index contributed by atoms with van der Waals surface area (Å²) < 4.78 is 26.9. The van der Waals surface area contributed by atoms with Gasteiger partial charge in [0.2, 0.25) is 5.91 Å². The van der Waals surface area contributed by atoms with Gasteiger partial charge in [0.05, 0.1) is 5.56 Å². The Morgan fingerprint density at radius 3 is 2.55 bits per heavy atom.